The molecule has 0 aromatic carbocycles. The first-order chi connectivity index (χ1) is 9.14. The van der Waals surface area contributed by atoms with Crippen LogP contribution in [0.4, 0.5) is 0 Å². The van der Waals surface area contributed by atoms with E-state index in [4.69, 9.17) is 0 Å². The number of piperazine rings is 1. The molecule has 0 atom stereocenters. The van der Waals surface area contributed by atoms with E-state index in [0.717, 1.165) is 0 Å². The third kappa shape index (κ3) is 5.74. The van der Waals surface area contributed by atoms with Crippen molar-refractivity contribution in [2.24, 2.45) is 0 Å². The van der Waals surface area contributed by atoms with E-state index in [0.29, 0.717) is 32.7 Å². The van der Waals surface area contributed by atoms with Gasteiger partial charge in [0.2, 0.25) is 10.0 Å². The van der Waals surface area contributed by atoms with Gasteiger partial charge in [-0.25, -0.2) is 8.42 Å². The summed E-state index contributed by atoms with van der Waals surface area (Å²) in [7, 11) is -3.60. The predicted octanol–water partition coefficient (Wildman–Crippen LogP) is -0.732. The van der Waals surface area contributed by atoms with Crippen LogP contribution in [0.3, 0.4) is 0 Å². The van der Waals surface area contributed by atoms with Gasteiger partial charge in [-0.1, -0.05) is 0 Å². The first-order valence-electron chi connectivity index (χ1n) is 6.72. The lowest BCUT2D eigenvalue weighted by molar-refractivity contribution is -0.140. The maximum atomic E-state index is 12.0. The van der Waals surface area contributed by atoms with Crippen LogP contribution in [0.25, 0.3) is 0 Å². The molecular weight excluding hydrogens is 284 g/mol. The van der Waals surface area contributed by atoms with Crippen LogP contribution in [0.2, 0.25) is 0 Å². The molecule has 1 heterocycles. The molecule has 0 unspecified atom stereocenters. The van der Waals surface area contributed by atoms with E-state index >= 15 is 0 Å². The maximum Gasteiger partial charge on any atom is 0.322 e. The Morgan fingerprint density at radius 2 is 1.80 bits per heavy atom. The topological polar surface area (TPSA) is 87.2 Å². The highest BCUT2D eigenvalue weighted by Gasteiger charge is 2.30. The number of nitrogens with zero attached hydrogens (tertiary/aromatic N) is 2. The summed E-state index contributed by atoms with van der Waals surface area (Å²) in [5.74, 6) is -1.32. The van der Waals surface area contributed by atoms with E-state index in [-0.39, 0.29) is 6.61 Å². The van der Waals surface area contributed by atoms with Crippen LogP contribution in [-0.2, 0) is 19.6 Å². The Morgan fingerprint density at radius 1 is 1.25 bits per heavy atom. The molecule has 118 valence electrons. The highest BCUT2D eigenvalue weighted by molar-refractivity contribution is 7.89. The molecule has 8 heteroatoms. The summed E-state index contributed by atoms with van der Waals surface area (Å²) in [6.45, 7) is 7.51. The van der Waals surface area contributed by atoms with Gasteiger partial charge in [-0.2, -0.15) is 4.31 Å². The van der Waals surface area contributed by atoms with Gasteiger partial charge in [0, 0.05) is 32.7 Å². The number of carbonyl (C=O) groups is 1. The molecular formula is C12H24N2O5S. The maximum absolute atomic E-state index is 12.0. The molecule has 1 N–H and O–H groups in total. The van der Waals surface area contributed by atoms with Gasteiger partial charge in [-0.3, -0.25) is 9.69 Å². The molecule has 0 aromatic rings. The molecule has 1 aliphatic rings. The number of sulfonamides is 1. The van der Waals surface area contributed by atoms with Gasteiger partial charge in [-0.05, 0) is 20.8 Å². The second kappa shape index (κ2) is 6.84. The van der Waals surface area contributed by atoms with Crippen LogP contribution in [0.1, 0.15) is 20.8 Å². The van der Waals surface area contributed by atoms with Gasteiger partial charge in [0.25, 0.3) is 0 Å². The van der Waals surface area contributed by atoms with Crippen molar-refractivity contribution in [3.05, 3.63) is 0 Å². The molecule has 0 aliphatic carbocycles. The van der Waals surface area contributed by atoms with E-state index in [1.165, 1.54) is 4.31 Å². The van der Waals surface area contributed by atoms with E-state index in [1.807, 2.05) is 4.90 Å². The van der Waals surface area contributed by atoms with E-state index < -0.39 is 27.3 Å². The smallest absolute Gasteiger partial charge is 0.322 e. The Morgan fingerprint density at radius 3 is 2.25 bits per heavy atom. The quantitative estimate of drug-likeness (QED) is 0.651. The molecule has 1 saturated heterocycles. The number of β-amino-alcohol motifs (C(OH)–C–C–N with tert-alkyl or cyclic N) is 1. The second-order valence-corrected chi connectivity index (χ2v) is 7.52. The van der Waals surface area contributed by atoms with Crippen molar-refractivity contribution in [3.8, 4) is 0 Å². The van der Waals surface area contributed by atoms with Gasteiger partial charge in [0.1, 0.15) is 0 Å². The minimum Gasteiger partial charge on any atom is -0.465 e. The Labute approximate surface area is 120 Å². The summed E-state index contributed by atoms with van der Waals surface area (Å²) < 4.78 is 30.0. The van der Waals surface area contributed by atoms with Crippen molar-refractivity contribution >= 4 is 16.0 Å². The number of esters is 1. The van der Waals surface area contributed by atoms with Crippen molar-refractivity contribution in [3.63, 3.8) is 0 Å². The van der Waals surface area contributed by atoms with Crippen LogP contribution < -0.4 is 0 Å². The third-order valence-corrected chi connectivity index (χ3v) is 4.69. The fraction of sp³-hybridized carbons (Fsp3) is 0.917. The highest BCUT2D eigenvalue weighted by Crippen LogP contribution is 2.12. The third-order valence-electron chi connectivity index (χ3n) is 2.94. The van der Waals surface area contributed by atoms with Crippen LogP contribution in [0.5, 0.6) is 0 Å². The number of hydrogen-bond donors (Lipinski definition) is 1. The highest BCUT2D eigenvalue weighted by atomic mass is 32.2. The van der Waals surface area contributed by atoms with Crippen LogP contribution in [0, 0.1) is 0 Å². The number of ether oxygens (including phenoxy) is 1. The van der Waals surface area contributed by atoms with Crippen LogP contribution in [-0.4, -0.2) is 79.4 Å². The first kappa shape index (κ1) is 17.4. The van der Waals surface area contributed by atoms with Crippen molar-refractivity contribution in [1.29, 1.82) is 0 Å². The molecule has 0 radical (unpaired) electrons. The summed E-state index contributed by atoms with van der Waals surface area (Å²) in [4.78, 5) is 13.3. The molecule has 20 heavy (non-hydrogen) atoms. The van der Waals surface area contributed by atoms with Gasteiger partial charge in [0.15, 0.2) is 5.75 Å². The molecule has 1 rings (SSSR count). The predicted molar refractivity (Wildman–Crippen MR) is 74.7 cm³/mol. The Hall–Kier alpha value is -0.700. The number of carbonyl (C=O) groups excluding carboxylic acids is 1. The second-order valence-electron chi connectivity index (χ2n) is 5.55. The Balaban J connectivity index is 2.50. The van der Waals surface area contributed by atoms with E-state index in [2.05, 4.69) is 4.74 Å². The summed E-state index contributed by atoms with van der Waals surface area (Å²) in [5, 5.41) is 9.74. The summed E-state index contributed by atoms with van der Waals surface area (Å²) in [5.41, 5.74) is -0.800. The molecule has 0 spiro atoms. The van der Waals surface area contributed by atoms with Gasteiger partial charge in [-0.15, -0.1) is 0 Å². The fourth-order valence-electron chi connectivity index (χ4n) is 2.16. The van der Waals surface area contributed by atoms with Crippen LogP contribution >= 0.6 is 0 Å². The normalized spacial score (nSPS) is 19.0. The van der Waals surface area contributed by atoms with Gasteiger partial charge < -0.3 is 9.84 Å². The van der Waals surface area contributed by atoms with Crippen LogP contribution in [0.15, 0.2) is 0 Å². The zero-order valence-corrected chi connectivity index (χ0v) is 13.1. The number of hydrogen-bond acceptors (Lipinski definition) is 6. The van der Waals surface area contributed by atoms with E-state index in [1.54, 1.807) is 20.8 Å². The van der Waals surface area contributed by atoms with Crippen molar-refractivity contribution in [1.82, 2.24) is 9.21 Å². The molecule has 0 bridgehead atoms. The first-order valence-corrected chi connectivity index (χ1v) is 8.33. The molecule has 0 aromatic heterocycles. The average molecular weight is 308 g/mol. The minimum atomic E-state index is -3.60. The Kier molecular flexibility index (Phi) is 5.93. The van der Waals surface area contributed by atoms with Crippen molar-refractivity contribution < 1.29 is 23.1 Å². The largest absolute Gasteiger partial charge is 0.465 e. The molecule has 1 fully saturated rings. The minimum absolute atomic E-state index is 0.174. The molecule has 1 aliphatic heterocycles. The van der Waals surface area contributed by atoms with Crippen molar-refractivity contribution in [2.45, 2.75) is 26.4 Å². The number of rotatable bonds is 6. The van der Waals surface area contributed by atoms with E-state index in [9.17, 15) is 18.3 Å². The molecule has 7 nitrogen and oxygen atoms in total. The van der Waals surface area contributed by atoms with Crippen molar-refractivity contribution in [2.75, 3.05) is 45.1 Å². The number of aliphatic hydroxyl groups is 1. The lowest BCUT2D eigenvalue weighted by atomic mass is 10.1. The summed E-state index contributed by atoms with van der Waals surface area (Å²) in [6.07, 6.45) is 0. The SMILES string of the molecule is CCOC(=O)CS(=O)(=O)N1CCN(CC(C)(C)O)CC1. The lowest BCUT2D eigenvalue weighted by Gasteiger charge is -2.36. The average Bonchev–Trinajstić information content (AvgIpc) is 2.26. The standard InChI is InChI=1S/C12H24N2O5S/c1-4-19-11(15)9-20(17,18)14-7-5-13(6-8-14)10-12(2,3)16/h16H,4-10H2,1-3H3. The molecule has 0 saturated carbocycles. The summed E-state index contributed by atoms with van der Waals surface area (Å²) in [6, 6.07) is 0. The molecule has 0 amide bonds. The zero-order chi connectivity index (χ0) is 15.4. The van der Waals surface area contributed by atoms with Gasteiger partial charge in [0.05, 0.1) is 12.2 Å². The fourth-order valence-corrected chi connectivity index (χ4v) is 3.44. The Bertz CT molecular complexity index is 422. The zero-order valence-electron chi connectivity index (χ0n) is 12.3. The summed E-state index contributed by atoms with van der Waals surface area (Å²) >= 11 is 0. The monoisotopic (exact) mass is 308 g/mol. The van der Waals surface area contributed by atoms with Gasteiger partial charge >= 0.3 is 5.97 Å². The lowest BCUT2D eigenvalue weighted by Crippen LogP contribution is -2.52.